The van der Waals surface area contributed by atoms with Crippen LogP contribution in [0.1, 0.15) is 47.0 Å². The van der Waals surface area contributed by atoms with Gasteiger partial charge in [0.15, 0.2) is 23.4 Å². The van der Waals surface area contributed by atoms with Gasteiger partial charge in [0.2, 0.25) is 0 Å². The van der Waals surface area contributed by atoms with Gasteiger partial charge in [0.05, 0.1) is 0 Å². The Kier molecular flexibility index (Phi) is 10.4. The third-order valence-electron chi connectivity index (χ3n) is 3.29. The molecule has 17 heavy (non-hydrogen) atoms. The Hall–Kier alpha value is 0.750. The third kappa shape index (κ3) is 3.85. The zero-order valence-corrected chi connectivity index (χ0v) is 13.5. The van der Waals surface area contributed by atoms with Crippen molar-refractivity contribution in [3.8, 4) is 0 Å². The van der Waals surface area contributed by atoms with E-state index in [4.69, 9.17) is 0 Å². The first-order chi connectivity index (χ1) is 7.39. The molecular formula is C11H26BrO4P. The largest absolute Gasteiger partial charge is 1.00 e. The maximum absolute atomic E-state index is 10.1. The first-order valence-corrected chi connectivity index (χ1v) is 8.05. The first kappa shape index (κ1) is 20.1. The molecule has 0 bridgehead atoms. The predicted molar refractivity (Wildman–Crippen MR) is 67.5 cm³/mol. The van der Waals surface area contributed by atoms with Gasteiger partial charge in [-0.05, 0) is 6.92 Å². The van der Waals surface area contributed by atoms with Crippen LogP contribution in [0, 0.1) is 0 Å². The SMILES string of the molecule is CCC(O)[P+](C(C)O)(C(O)CC)C(O)CC.[Br-]. The molecule has 4 atom stereocenters. The van der Waals surface area contributed by atoms with Gasteiger partial charge in [0, 0.05) is 19.3 Å². The van der Waals surface area contributed by atoms with Gasteiger partial charge in [0.1, 0.15) is 7.26 Å². The molecule has 0 saturated heterocycles. The zero-order chi connectivity index (χ0) is 12.9. The molecule has 106 valence electrons. The Labute approximate surface area is 115 Å². The van der Waals surface area contributed by atoms with E-state index in [1.54, 1.807) is 27.7 Å². The molecule has 0 aliphatic heterocycles. The average molecular weight is 333 g/mol. The monoisotopic (exact) mass is 332 g/mol. The predicted octanol–water partition coefficient (Wildman–Crippen LogP) is -1.47. The van der Waals surface area contributed by atoms with E-state index in [2.05, 4.69) is 0 Å². The normalized spacial score (nSPS) is 21.9. The summed E-state index contributed by atoms with van der Waals surface area (Å²) in [4.78, 5) is 0. The van der Waals surface area contributed by atoms with Gasteiger partial charge in [-0.3, -0.25) is 0 Å². The van der Waals surface area contributed by atoms with Crippen LogP contribution in [0.15, 0.2) is 0 Å². The molecule has 0 aliphatic carbocycles. The lowest BCUT2D eigenvalue weighted by atomic mass is 10.5. The van der Waals surface area contributed by atoms with Gasteiger partial charge in [-0.15, -0.1) is 0 Å². The molecule has 0 heterocycles. The summed E-state index contributed by atoms with van der Waals surface area (Å²) in [7, 11) is -2.62. The highest BCUT2D eigenvalue weighted by atomic mass is 79.9. The standard InChI is InChI=1S/C11H26O4P.BrH/c1-5-9(13)16(8(4)12,10(14)6-2)11(15)7-3;/h8-15H,5-7H2,1-4H3;1H/q+1;/p-1. The second-order valence-corrected chi connectivity index (χ2v) is 8.52. The van der Waals surface area contributed by atoms with Gasteiger partial charge in [-0.1, -0.05) is 20.8 Å². The van der Waals surface area contributed by atoms with Crippen LogP contribution in [0.5, 0.6) is 0 Å². The summed E-state index contributed by atoms with van der Waals surface area (Å²) in [6.07, 6.45) is 1.31. The molecule has 4 unspecified atom stereocenters. The van der Waals surface area contributed by atoms with Gasteiger partial charge >= 0.3 is 0 Å². The Balaban J connectivity index is 0. The van der Waals surface area contributed by atoms with Crippen molar-refractivity contribution in [3.63, 3.8) is 0 Å². The molecule has 0 radical (unpaired) electrons. The van der Waals surface area contributed by atoms with Crippen molar-refractivity contribution in [1.29, 1.82) is 0 Å². The Morgan fingerprint density at radius 1 is 0.765 bits per heavy atom. The molecule has 0 fully saturated rings. The van der Waals surface area contributed by atoms with Crippen molar-refractivity contribution < 1.29 is 37.4 Å². The van der Waals surface area contributed by atoms with E-state index in [0.29, 0.717) is 19.3 Å². The van der Waals surface area contributed by atoms with Gasteiger partial charge in [0.25, 0.3) is 0 Å². The summed E-state index contributed by atoms with van der Waals surface area (Å²) in [5, 5.41) is 40.3. The van der Waals surface area contributed by atoms with Crippen molar-refractivity contribution in [3.05, 3.63) is 0 Å². The quantitative estimate of drug-likeness (QED) is 0.429. The van der Waals surface area contributed by atoms with Crippen LogP contribution in [0.2, 0.25) is 0 Å². The van der Waals surface area contributed by atoms with Crippen molar-refractivity contribution in [1.82, 2.24) is 0 Å². The second-order valence-electron chi connectivity index (χ2n) is 4.19. The number of hydrogen-bond donors (Lipinski definition) is 4. The Morgan fingerprint density at radius 2 is 1.00 bits per heavy atom. The molecule has 4 nitrogen and oxygen atoms in total. The van der Waals surface area contributed by atoms with Crippen LogP contribution < -0.4 is 17.0 Å². The van der Waals surface area contributed by atoms with Gasteiger partial charge < -0.3 is 37.4 Å². The third-order valence-corrected chi connectivity index (χ3v) is 8.78. The molecular weight excluding hydrogens is 307 g/mol. The highest BCUT2D eigenvalue weighted by Crippen LogP contribution is 2.73. The summed E-state index contributed by atoms with van der Waals surface area (Å²) >= 11 is 0. The van der Waals surface area contributed by atoms with Crippen LogP contribution in [-0.4, -0.2) is 43.8 Å². The minimum atomic E-state index is -2.62. The minimum absolute atomic E-state index is 0. The number of aliphatic hydroxyl groups excluding tert-OH is 4. The lowest BCUT2D eigenvalue weighted by Gasteiger charge is -2.39. The molecule has 0 aromatic carbocycles. The number of rotatable bonds is 7. The summed E-state index contributed by atoms with van der Waals surface area (Å²) in [6.45, 7) is 6.95. The van der Waals surface area contributed by atoms with Crippen molar-refractivity contribution >= 4 is 7.26 Å². The second kappa shape index (κ2) is 8.78. The van der Waals surface area contributed by atoms with E-state index in [1.807, 2.05) is 0 Å². The molecule has 0 rings (SSSR count). The van der Waals surface area contributed by atoms with Crippen LogP contribution in [0.25, 0.3) is 0 Å². The minimum Gasteiger partial charge on any atom is -1.00 e. The topological polar surface area (TPSA) is 80.9 Å². The molecule has 0 aromatic heterocycles. The zero-order valence-electron chi connectivity index (χ0n) is 11.0. The number of hydrogen-bond acceptors (Lipinski definition) is 4. The van der Waals surface area contributed by atoms with Crippen LogP contribution in [0.4, 0.5) is 0 Å². The van der Waals surface area contributed by atoms with Gasteiger partial charge in [-0.2, -0.15) is 0 Å². The van der Waals surface area contributed by atoms with Crippen molar-refractivity contribution in [2.75, 3.05) is 0 Å². The maximum Gasteiger partial charge on any atom is 0.171 e. The summed E-state index contributed by atoms with van der Waals surface area (Å²) in [6, 6.07) is 0. The highest BCUT2D eigenvalue weighted by molar-refractivity contribution is 7.77. The molecule has 0 aliphatic rings. The lowest BCUT2D eigenvalue weighted by molar-refractivity contribution is -0.0000107. The fraction of sp³-hybridized carbons (Fsp3) is 1.00. The Morgan fingerprint density at radius 3 is 1.12 bits per heavy atom. The maximum atomic E-state index is 10.1. The molecule has 0 amide bonds. The van der Waals surface area contributed by atoms with Crippen molar-refractivity contribution in [2.45, 2.75) is 70.3 Å². The van der Waals surface area contributed by atoms with E-state index in [0.717, 1.165) is 0 Å². The van der Waals surface area contributed by atoms with E-state index in [1.165, 1.54) is 0 Å². The fourth-order valence-corrected chi connectivity index (χ4v) is 6.88. The fourth-order valence-electron chi connectivity index (χ4n) is 2.29. The summed E-state index contributed by atoms with van der Waals surface area (Å²) < 4.78 is 0. The smallest absolute Gasteiger partial charge is 0.171 e. The number of aliphatic hydroxyl groups is 4. The van der Waals surface area contributed by atoms with Crippen molar-refractivity contribution in [2.24, 2.45) is 0 Å². The van der Waals surface area contributed by atoms with E-state index in [-0.39, 0.29) is 17.0 Å². The van der Waals surface area contributed by atoms with E-state index >= 15 is 0 Å². The summed E-state index contributed by atoms with van der Waals surface area (Å²) in [5.74, 6) is -3.28. The van der Waals surface area contributed by atoms with Gasteiger partial charge in [-0.25, -0.2) is 0 Å². The average Bonchev–Trinajstić information content (AvgIpc) is 2.28. The van der Waals surface area contributed by atoms with Crippen LogP contribution in [-0.2, 0) is 0 Å². The van der Waals surface area contributed by atoms with Crippen LogP contribution >= 0.6 is 7.26 Å². The molecule has 0 spiro atoms. The summed E-state index contributed by atoms with van der Waals surface area (Å²) in [5.41, 5.74) is 0. The van der Waals surface area contributed by atoms with E-state index < -0.39 is 30.6 Å². The molecule has 0 saturated carbocycles. The Bertz CT molecular complexity index is 177. The molecule has 0 aromatic rings. The number of halogens is 1. The van der Waals surface area contributed by atoms with Crippen LogP contribution in [0.3, 0.4) is 0 Å². The first-order valence-electron chi connectivity index (χ1n) is 5.99. The van der Waals surface area contributed by atoms with E-state index in [9.17, 15) is 20.4 Å². The lowest BCUT2D eigenvalue weighted by Crippen LogP contribution is -3.00. The molecule has 4 N–H and O–H groups in total. The highest BCUT2D eigenvalue weighted by Gasteiger charge is 2.59. The molecule has 6 heteroatoms.